The van der Waals surface area contributed by atoms with Gasteiger partial charge in [-0.2, -0.15) is 5.06 Å². The Labute approximate surface area is 100 Å². The largest absolute Gasteiger partial charge is 0.478 e. The van der Waals surface area contributed by atoms with Crippen LogP contribution in [-0.2, 0) is 11.1 Å². The maximum Gasteiger partial charge on any atom is 0.335 e. The van der Waals surface area contributed by atoms with E-state index in [1.54, 1.807) is 18.2 Å². The Morgan fingerprint density at radius 3 is 2.18 bits per heavy atom. The number of carboxylic acid groups (broad SMARTS) is 1. The quantitative estimate of drug-likeness (QED) is 0.785. The van der Waals surface area contributed by atoms with E-state index < -0.39 is 17.0 Å². The summed E-state index contributed by atoms with van der Waals surface area (Å²) in [5.41, 5.74) is 1.00. The summed E-state index contributed by atoms with van der Waals surface area (Å²) in [5.74, 6) is -0.946. The third kappa shape index (κ3) is 1.48. The van der Waals surface area contributed by atoms with Gasteiger partial charge in [0.15, 0.2) is 0 Å². The highest BCUT2D eigenvalue weighted by Crippen LogP contribution is 2.48. The minimum Gasteiger partial charge on any atom is -0.478 e. The Kier molecular flexibility index (Phi) is 2.35. The van der Waals surface area contributed by atoms with Crippen LogP contribution >= 0.6 is 0 Å². The molecule has 0 fully saturated rings. The topological polar surface area (TPSA) is 60.8 Å². The molecule has 1 aromatic rings. The van der Waals surface area contributed by atoms with Gasteiger partial charge in [0, 0.05) is 0 Å². The molecule has 0 aromatic heterocycles. The summed E-state index contributed by atoms with van der Waals surface area (Å²) in [5, 5.41) is 20.5. The fourth-order valence-electron chi connectivity index (χ4n) is 2.64. The van der Waals surface area contributed by atoms with Gasteiger partial charge in [-0.1, -0.05) is 6.07 Å². The summed E-state index contributed by atoms with van der Waals surface area (Å²) in [6, 6.07) is 5.02. The smallest absolute Gasteiger partial charge is 0.335 e. The van der Waals surface area contributed by atoms with Gasteiger partial charge < -0.3 is 10.3 Å². The summed E-state index contributed by atoms with van der Waals surface area (Å²) < 4.78 is 0. The van der Waals surface area contributed by atoms with Gasteiger partial charge in [-0.25, -0.2) is 4.79 Å². The molecule has 2 rings (SSSR count). The first kappa shape index (κ1) is 12.1. The standard InChI is InChI=1S/C13H17NO3/c1-12(2)9-6-5-8(11(15)16)7-10(9)13(3,4)14(12)17/h5-7,17H,1-4H3,(H,15,16). The zero-order chi connectivity index (χ0) is 13.0. The first-order valence-corrected chi connectivity index (χ1v) is 5.56. The molecule has 0 saturated heterocycles. The first-order chi connectivity index (χ1) is 7.69. The van der Waals surface area contributed by atoms with Crippen molar-refractivity contribution in [1.29, 1.82) is 0 Å². The van der Waals surface area contributed by atoms with Crippen LogP contribution in [0.25, 0.3) is 0 Å². The lowest BCUT2D eigenvalue weighted by Crippen LogP contribution is -2.42. The third-order valence-corrected chi connectivity index (χ3v) is 3.64. The van der Waals surface area contributed by atoms with Crippen molar-refractivity contribution >= 4 is 5.97 Å². The number of carbonyl (C=O) groups is 1. The monoisotopic (exact) mass is 235 g/mol. The molecule has 2 N–H and O–H groups in total. The molecule has 1 aliphatic rings. The van der Waals surface area contributed by atoms with Gasteiger partial charge >= 0.3 is 5.97 Å². The van der Waals surface area contributed by atoms with E-state index in [-0.39, 0.29) is 5.56 Å². The Morgan fingerprint density at radius 1 is 1.12 bits per heavy atom. The van der Waals surface area contributed by atoms with Crippen molar-refractivity contribution in [2.75, 3.05) is 0 Å². The SMILES string of the molecule is CC1(C)c2ccc(C(=O)O)cc2C(C)(C)N1O. The molecular formula is C13H17NO3. The van der Waals surface area contributed by atoms with E-state index in [2.05, 4.69) is 0 Å². The Hall–Kier alpha value is -1.39. The number of hydrogen-bond donors (Lipinski definition) is 2. The van der Waals surface area contributed by atoms with Crippen LogP contribution in [-0.4, -0.2) is 21.3 Å². The molecule has 0 unspecified atom stereocenters. The minimum atomic E-state index is -0.946. The van der Waals surface area contributed by atoms with E-state index >= 15 is 0 Å². The van der Waals surface area contributed by atoms with E-state index in [0.717, 1.165) is 11.1 Å². The van der Waals surface area contributed by atoms with Crippen molar-refractivity contribution in [2.45, 2.75) is 38.8 Å². The molecular weight excluding hydrogens is 218 g/mol. The summed E-state index contributed by atoms with van der Waals surface area (Å²) in [6.45, 7) is 7.60. The van der Waals surface area contributed by atoms with Crippen LogP contribution in [0.1, 0.15) is 49.2 Å². The van der Waals surface area contributed by atoms with Crippen LogP contribution in [0.15, 0.2) is 18.2 Å². The van der Waals surface area contributed by atoms with Gasteiger partial charge in [0.05, 0.1) is 16.6 Å². The average molecular weight is 235 g/mol. The molecule has 1 aromatic carbocycles. The van der Waals surface area contributed by atoms with Crippen LogP contribution in [0, 0.1) is 0 Å². The Morgan fingerprint density at radius 2 is 1.65 bits per heavy atom. The maximum absolute atomic E-state index is 11.0. The van der Waals surface area contributed by atoms with Gasteiger partial charge in [0.2, 0.25) is 0 Å². The molecule has 0 saturated carbocycles. The van der Waals surface area contributed by atoms with Gasteiger partial charge in [0.1, 0.15) is 0 Å². The van der Waals surface area contributed by atoms with E-state index in [1.165, 1.54) is 5.06 Å². The summed E-state index contributed by atoms with van der Waals surface area (Å²) in [4.78, 5) is 11.0. The van der Waals surface area contributed by atoms with Crippen LogP contribution in [0.3, 0.4) is 0 Å². The lowest BCUT2D eigenvalue weighted by Gasteiger charge is -2.34. The molecule has 0 bridgehead atoms. The summed E-state index contributed by atoms with van der Waals surface area (Å²) >= 11 is 0. The molecule has 1 heterocycles. The van der Waals surface area contributed by atoms with E-state index in [0.29, 0.717) is 0 Å². The van der Waals surface area contributed by atoms with E-state index in [9.17, 15) is 10.0 Å². The Bertz CT molecular complexity index is 491. The number of hydrogen-bond acceptors (Lipinski definition) is 3. The molecule has 1 aliphatic heterocycles. The highest BCUT2D eigenvalue weighted by molar-refractivity contribution is 5.88. The fourth-order valence-corrected chi connectivity index (χ4v) is 2.64. The van der Waals surface area contributed by atoms with Crippen molar-refractivity contribution in [3.63, 3.8) is 0 Å². The third-order valence-electron chi connectivity index (χ3n) is 3.64. The Balaban J connectivity index is 2.68. The van der Waals surface area contributed by atoms with Gasteiger partial charge in [-0.05, 0) is 51.0 Å². The molecule has 0 spiro atoms. The van der Waals surface area contributed by atoms with Gasteiger partial charge in [-0.15, -0.1) is 0 Å². The average Bonchev–Trinajstić information content (AvgIpc) is 2.38. The zero-order valence-electron chi connectivity index (χ0n) is 10.5. The number of fused-ring (bicyclic) bond motifs is 1. The van der Waals surface area contributed by atoms with Crippen LogP contribution in [0.5, 0.6) is 0 Å². The second-order valence-corrected chi connectivity index (χ2v) is 5.50. The highest BCUT2D eigenvalue weighted by Gasteiger charge is 2.48. The highest BCUT2D eigenvalue weighted by atomic mass is 16.5. The first-order valence-electron chi connectivity index (χ1n) is 5.56. The van der Waals surface area contributed by atoms with Crippen molar-refractivity contribution in [1.82, 2.24) is 5.06 Å². The number of benzene rings is 1. The molecule has 17 heavy (non-hydrogen) atoms. The van der Waals surface area contributed by atoms with Gasteiger partial charge in [0.25, 0.3) is 0 Å². The lowest BCUT2D eigenvalue weighted by atomic mass is 9.89. The number of nitrogens with zero attached hydrogens (tertiary/aromatic N) is 1. The molecule has 0 radical (unpaired) electrons. The number of hydroxylamine groups is 2. The van der Waals surface area contributed by atoms with E-state index in [4.69, 9.17) is 5.11 Å². The minimum absolute atomic E-state index is 0.253. The molecule has 4 heteroatoms. The second-order valence-electron chi connectivity index (χ2n) is 5.50. The number of rotatable bonds is 1. The van der Waals surface area contributed by atoms with Crippen LogP contribution < -0.4 is 0 Å². The normalized spacial score (nSPS) is 21.2. The predicted molar refractivity (Wildman–Crippen MR) is 63.1 cm³/mol. The molecule has 0 amide bonds. The van der Waals surface area contributed by atoms with Crippen molar-refractivity contribution < 1.29 is 15.1 Å². The molecule has 0 atom stereocenters. The number of carboxylic acids is 1. The van der Waals surface area contributed by atoms with E-state index in [1.807, 2.05) is 27.7 Å². The second kappa shape index (κ2) is 3.31. The predicted octanol–water partition coefficient (Wildman–Crippen LogP) is 2.56. The van der Waals surface area contributed by atoms with Crippen molar-refractivity contribution in [3.8, 4) is 0 Å². The summed E-state index contributed by atoms with van der Waals surface area (Å²) in [7, 11) is 0. The summed E-state index contributed by atoms with van der Waals surface area (Å²) in [6.07, 6.45) is 0. The number of aromatic carboxylic acids is 1. The maximum atomic E-state index is 11.0. The van der Waals surface area contributed by atoms with Gasteiger partial charge in [-0.3, -0.25) is 0 Å². The lowest BCUT2D eigenvalue weighted by molar-refractivity contribution is -0.216. The molecule has 4 nitrogen and oxygen atoms in total. The zero-order valence-corrected chi connectivity index (χ0v) is 10.5. The fraction of sp³-hybridized carbons (Fsp3) is 0.462. The van der Waals surface area contributed by atoms with Crippen molar-refractivity contribution in [2.24, 2.45) is 0 Å². The van der Waals surface area contributed by atoms with Crippen LogP contribution in [0.4, 0.5) is 0 Å². The molecule has 0 aliphatic carbocycles. The molecule has 92 valence electrons. The van der Waals surface area contributed by atoms with Crippen molar-refractivity contribution in [3.05, 3.63) is 34.9 Å². The van der Waals surface area contributed by atoms with Crippen LogP contribution in [0.2, 0.25) is 0 Å².